The fourth-order valence-corrected chi connectivity index (χ4v) is 2.48. The number of carboxylic acid groups (broad SMARTS) is 1. The van der Waals surface area contributed by atoms with Crippen LogP contribution in [0.5, 0.6) is 0 Å². The van der Waals surface area contributed by atoms with Crippen LogP contribution in [0.25, 0.3) is 0 Å². The molecule has 0 aromatic rings. The Labute approximate surface area is 92.4 Å². The van der Waals surface area contributed by atoms with Crippen molar-refractivity contribution in [1.82, 2.24) is 0 Å². The molecule has 2 heteroatoms. The second kappa shape index (κ2) is 4.82. The highest BCUT2D eigenvalue weighted by Gasteiger charge is 2.33. The van der Waals surface area contributed by atoms with Crippen molar-refractivity contribution in [2.75, 3.05) is 0 Å². The lowest BCUT2D eigenvalue weighted by Crippen LogP contribution is -2.30. The molecule has 1 aliphatic rings. The largest absolute Gasteiger partial charge is 0.478 e. The molecule has 1 N–H and O–H groups in total. The van der Waals surface area contributed by atoms with E-state index in [4.69, 9.17) is 5.11 Å². The van der Waals surface area contributed by atoms with Gasteiger partial charge in [-0.3, -0.25) is 0 Å². The molecule has 0 bridgehead atoms. The van der Waals surface area contributed by atoms with Crippen molar-refractivity contribution in [2.45, 2.75) is 46.5 Å². The molecular formula is C13H22O2. The third-order valence-electron chi connectivity index (χ3n) is 3.96. The molecule has 15 heavy (non-hydrogen) atoms. The number of rotatable bonds is 3. The topological polar surface area (TPSA) is 37.3 Å². The number of aliphatic carboxylic acids is 1. The molecule has 1 saturated carbocycles. The summed E-state index contributed by atoms with van der Waals surface area (Å²) in [6.45, 7) is 6.87. The Balaban J connectivity index is 2.60. The van der Waals surface area contributed by atoms with Crippen LogP contribution in [-0.2, 0) is 4.79 Å². The highest BCUT2D eigenvalue weighted by atomic mass is 16.4. The summed E-state index contributed by atoms with van der Waals surface area (Å²) in [7, 11) is 0. The zero-order valence-corrected chi connectivity index (χ0v) is 9.99. The van der Waals surface area contributed by atoms with Gasteiger partial charge in [-0.1, -0.05) is 33.3 Å². The monoisotopic (exact) mass is 210 g/mol. The van der Waals surface area contributed by atoms with Crippen LogP contribution in [0.1, 0.15) is 46.5 Å². The van der Waals surface area contributed by atoms with Crippen LogP contribution in [0.3, 0.4) is 0 Å². The first-order valence-electron chi connectivity index (χ1n) is 5.85. The first-order valence-corrected chi connectivity index (χ1v) is 5.85. The van der Waals surface area contributed by atoms with Gasteiger partial charge >= 0.3 is 5.97 Å². The molecule has 0 aromatic heterocycles. The van der Waals surface area contributed by atoms with Gasteiger partial charge in [0.2, 0.25) is 0 Å². The van der Waals surface area contributed by atoms with Gasteiger partial charge in [-0.15, -0.1) is 0 Å². The zero-order chi connectivity index (χ0) is 11.5. The second-order valence-electron chi connectivity index (χ2n) is 5.36. The van der Waals surface area contributed by atoms with Crippen molar-refractivity contribution in [3.8, 4) is 0 Å². The third kappa shape index (κ3) is 3.37. The average Bonchev–Trinajstić information content (AvgIpc) is 2.15. The van der Waals surface area contributed by atoms with Gasteiger partial charge in [-0.05, 0) is 36.5 Å². The summed E-state index contributed by atoms with van der Waals surface area (Å²) in [6, 6.07) is 0. The number of carbonyl (C=O) groups is 1. The summed E-state index contributed by atoms with van der Waals surface area (Å²) < 4.78 is 0. The number of carboxylic acids is 1. The van der Waals surface area contributed by atoms with E-state index in [1.807, 2.05) is 6.08 Å². The normalized spacial score (nSPS) is 32.4. The minimum absolute atomic E-state index is 0.395. The lowest BCUT2D eigenvalue weighted by Gasteiger charge is -2.40. The van der Waals surface area contributed by atoms with Crippen LogP contribution in [0.2, 0.25) is 0 Å². The Bertz CT molecular complexity index is 255. The molecule has 1 aliphatic carbocycles. The number of hydrogen-bond acceptors (Lipinski definition) is 1. The first kappa shape index (κ1) is 12.3. The quantitative estimate of drug-likeness (QED) is 0.724. The summed E-state index contributed by atoms with van der Waals surface area (Å²) >= 11 is 0. The molecule has 0 aromatic carbocycles. The molecule has 2 atom stereocenters. The maximum atomic E-state index is 10.5. The summed E-state index contributed by atoms with van der Waals surface area (Å²) in [5.74, 6) is 0.313. The first-order chi connectivity index (χ1) is 6.94. The predicted octanol–water partition coefficient (Wildman–Crippen LogP) is 3.48. The van der Waals surface area contributed by atoms with Crippen molar-refractivity contribution in [3.63, 3.8) is 0 Å². The Morgan fingerprint density at radius 3 is 2.73 bits per heavy atom. The molecule has 2 unspecified atom stereocenters. The lowest BCUT2D eigenvalue weighted by atomic mass is 9.65. The SMILES string of the molecule is CC(C)C1(C)CCCC(C=CC(=O)O)C1. The lowest BCUT2D eigenvalue weighted by molar-refractivity contribution is -0.131. The summed E-state index contributed by atoms with van der Waals surface area (Å²) in [5.41, 5.74) is 0.395. The van der Waals surface area contributed by atoms with E-state index in [1.54, 1.807) is 0 Å². The van der Waals surface area contributed by atoms with Crippen LogP contribution in [0.15, 0.2) is 12.2 Å². The molecule has 86 valence electrons. The highest BCUT2D eigenvalue weighted by molar-refractivity contribution is 5.79. The van der Waals surface area contributed by atoms with E-state index < -0.39 is 5.97 Å². The van der Waals surface area contributed by atoms with Gasteiger partial charge in [0.05, 0.1) is 0 Å². The summed E-state index contributed by atoms with van der Waals surface area (Å²) in [5, 5.41) is 8.60. The van der Waals surface area contributed by atoms with E-state index in [1.165, 1.54) is 18.9 Å². The van der Waals surface area contributed by atoms with Crippen molar-refractivity contribution >= 4 is 5.97 Å². The fourth-order valence-electron chi connectivity index (χ4n) is 2.48. The predicted molar refractivity (Wildman–Crippen MR) is 61.7 cm³/mol. The van der Waals surface area contributed by atoms with Crippen LogP contribution >= 0.6 is 0 Å². The molecule has 0 amide bonds. The number of hydrogen-bond donors (Lipinski definition) is 1. The Kier molecular flexibility index (Phi) is 3.95. The van der Waals surface area contributed by atoms with Gasteiger partial charge in [0.25, 0.3) is 0 Å². The van der Waals surface area contributed by atoms with E-state index in [0.717, 1.165) is 12.8 Å². The van der Waals surface area contributed by atoms with Gasteiger partial charge in [-0.25, -0.2) is 4.79 Å². The molecule has 1 rings (SSSR count). The van der Waals surface area contributed by atoms with Gasteiger partial charge in [-0.2, -0.15) is 0 Å². The molecule has 0 saturated heterocycles. The molecule has 1 fully saturated rings. The standard InChI is InChI=1S/C13H22O2/c1-10(2)13(3)8-4-5-11(9-13)6-7-12(14)15/h6-7,10-11H,4-5,8-9H2,1-3H3,(H,14,15). The van der Waals surface area contributed by atoms with Crippen LogP contribution in [0, 0.1) is 17.3 Å². The van der Waals surface area contributed by atoms with E-state index >= 15 is 0 Å². The molecular weight excluding hydrogens is 188 g/mol. The molecule has 0 spiro atoms. The van der Waals surface area contributed by atoms with Crippen LogP contribution in [0.4, 0.5) is 0 Å². The minimum atomic E-state index is -0.827. The van der Waals surface area contributed by atoms with Crippen molar-refractivity contribution < 1.29 is 9.90 Å². The Hall–Kier alpha value is -0.790. The van der Waals surface area contributed by atoms with Crippen LogP contribution < -0.4 is 0 Å². The summed E-state index contributed by atoms with van der Waals surface area (Å²) in [6.07, 6.45) is 7.96. The van der Waals surface area contributed by atoms with Gasteiger partial charge < -0.3 is 5.11 Å². The Morgan fingerprint density at radius 1 is 1.53 bits per heavy atom. The van der Waals surface area contributed by atoms with Crippen molar-refractivity contribution in [3.05, 3.63) is 12.2 Å². The molecule has 0 aliphatic heterocycles. The molecule has 0 radical (unpaired) electrons. The maximum Gasteiger partial charge on any atom is 0.327 e. The zero-order valence-electron chi connectivity index (χ0n) is 9.99. The van der Waals surface area contributed by atoms with Crippen molar-refractivity contribution in [1.29, 1.82) is 0 Å². The Morgan fingerprint density at radius 2 is 2.20 bits per heavy atom. The van der Waals surface area contributed by atoms with Crippen molar-refractivity contribution in [2.24, 2.45) is 17.3 Å². The third-order valence-corrected chi connectivity index (χ3v) is 3.96. The fraction of sp³-hybridized carbons (Fsp3) is 0.769. The van der Waals surface area contributed by atoms with E-state index in [2.05, 4.69) is 20.8 Å². The van der Waals surface area contributed by atoms with Gasteiger partial charge in [0, 0.05) is 6.08 Å². The van der Waals surface area contributed by atoms with Gasteiger partial charge in [0.1, 0.15) is 0 Å². The smallest absolute Gasteiger partial charge is 0.327 e. The average molecular weight is 210 g/mol. The minimum Gasteiger partial charge on any atom is -0.478 e. The van der Waals surface area contributed by atoms with Gasteiger partial charge in [0.15, 0.2) is 0 Å². The highest BCUT2D eigenvalue weighted by Crippen LogP contribution is 2.44. The molecule has 0 heterocycles. The summed E-state index contributed by atoms with van der Waals surface area (Å²) in [4.78, 5) is 10.5. The van der Waals surface area contributed by atoms with E-state index in [-0.39, 0.29) is 0 Å². The van der Waals surface area contributed by atoms with E-state index in [0.29, 0.717) is 17.3 Å². The molecule has 2 nitrogen and oxygen atoms in total. The van der Waals surface area contributed by atoms with E-state index in [9.17, 15) is 4.79 Å². The van der Waals surface area contributed by atoms with Crippen LogP contribution in [-0.4, -0.2) is 11.1 Å². The second-order valence-corrected chi connectivity index (χ2v) is 5.36. The number of allylic oxidation sites excluding steroid dienone is 1. The maximum absolute atomic E-state index is 10.5.